The third-order valence-corrected chi connectivity index (χ3v) is 3.44. The first kappa shape index (κ1) is 16.5. The van der Waals surface area contributed by atoms with Gasteiger partial charge in [-0.2, -0.15) is 0 Å². The molecule has 1 aromatic heterocycles. The highest BCUT2D eigenvalue weighted by Gasteiger charge is 2.20. The third kappa shape index (κ3) is 4.25. The van der Waals surface area contributed by atoms with E-state index in [1.165, 1.54) is 0 Å². The molecule has 0 aliphatic rings. The summed E-state index contributed by atoms with van der Waals surface area (Å²) in [7, 11) is 0. The summed E-state index contributed by atoms with van der Waals surface area (Å²) in [5.41, 5.74) is 2.02. The molecule has 2 N–H and O–H groups in total. The number of hydrogen-bond donors (Lipinski definition) is 2. The predicted octanol–water partition coefficient (Wildman–Crippen LogP) is 2.10. The van der Waals surface area contributed by atoms with Crippen molar-refractivity contribution < 1.29 is 10.0 Å². The first-order valence-electron chi connectivity index (χ1n) is 6.69. The molecule has 0 bridgehead atoms. The van der Waals surface area contributed by atoms with E-state index in [1.807, 2.05) is 0 Å². The zero-order chi connectivity index (χ0) is 15.3. The van der Waals surface area contributed by atoms with Gasteiger partial charge in [-0.05, 0) is 25.7 Å². The van der Waals surface area contributed by atoms with Crippen LogP contribution in [0.3, 0.4) is 0 Å². The van der Waals surface area contributed by atoms with Crippen molar-refractivity contribution in [3.05, 3.63) is 33.1 Å². The molecule has 1 heterocycles. The lowest BCUT2D eigenvalue weighted by Gasteiger charge is -2.24. The Labute approximate surface area is 119 Å². The first-order valence-corrected chi connectivity index (χ1v) is 6.69. The maximum atomic E-state index is 11.0. The molecule has 0 unspecified atom stereocenters. The number of nitro groups is 1. The van der Waals surface area contributed by atoms with E-state index in [9.17, 15) is 10.1 Å². The summed E-state index contributed by atoms with van der Waals surface area (Å²) >= 11 is 0. The maximum absolute atomic E-state index is 11.0. The van der Waals surface area contributed by atoms with Gasteiger partial charge in [0, 0.05) is 37.0 Å². The second kappa shape index (κ2) is 6.76. The summed E-state index contributed by atoms with van der Waals surface area (Å²) < 4.78 is 0. The topological polar surface area (TPSA) is 88.3 Å². The van der Waals surface area contributed by atoms with Crippen molar-refractivity contribution in [1.29, 1.82) is 0 Å². The van der Waals surface area contributed by atoms with Crippen LogP contribution in [0.2, 0.25) is 0 Å². The Hall–Kier alpha value is -1.53. The number of aliphatic hydroxyl groups excluding tert-OH is 1. The van der Waals surface area contributed by atoms with Gasteiger partial charge in [-0.15, -0.1) is 0 Å². The fraction of sp³-hybridized carbons (Fsp3) is 0.643. The Morgan fingerprint density at radius 2 is 2.10 bits per heavy atom. The average molecular weight is 281 g/mol. The van der Waals surface area contributed by atoms with Gasteiger partial charge in [-0.1, -0.05) is 13.8 Å². The van der Waals surface area contributed by atoms with E-state index in [-0.39, 0.29) is 22.6 Å². The molecule has 0 radical (unpaired) electrons. The van der Waals surface area contributed by atoms with Gasteiger partial charge in [-0.25, -0.2) is 0 Å². The van der Waals surface area contributed by atoms with Crippen molar-refractivity contribution >= 4 is 5.69 Å². The van der Waals surface area contributed by atoms with Crippen LogP contribution in [-0.2, 0) is 6.54 Å². The Balaban J connectivity index is 2.75. The SMILES string of the molecule is Cc1cnc(CNCC(C)(C)CCO)c(C)c1[N+](=O)[O-]. The van der Waals surface area contributed by atoms with E-state index < -0.39 is 0 Å². The van der Waals surface area contributed by atoms with Crippen LogP contribution in [0.25, 0.3) is 0 Å². The van der Waals surface area contributed by atoms with Crippen LogP contribution in [0.5, 0.6) is 0 Å². The molecule has 0 aliphatic heterocycles. The third-order valence-electron chi connectivity index (χ3n) is 3.44. The van der Waals surface area contributed by atoms with E-state index in [0.29, 0.717) is 29.8 Å². The van der Waals surface area contributed by atoms with Crippen molar-refractivity contribution in [3.63, 3.8) is 0 Å². The number of pyridine rings is 1. The zero-order valence-electron chi connectivity index (χ0n) is 12.6. The number of hydrogen-bond acceptors (Lipinski definition) is 5. The van der Waals surface area contributed by atoms with Gasteiger partial charge in [0.1, 0.15) is 0 Å². The molecule has 0 amide bonds. The number of aliphatic hydroxyl groups is 1. The van der Waals surface area contributed by atoms with Crippen LogP contribution in [0, 0.1) is 29.4 Å². The van der Waals surface area contributed by atoms with Crippen molar-refractivity contribution in [1.82, 2.24) is 10.3 Å². The lowest BCUT2D eigenvalue weighted by Crippen LogP contribution is -2.30. The fourth-order valence-electron chi connectivity index (χ4n) is 2.13. The lowest BCUT2D eigenvalue weighted by molar-refractivity contribution is -0.386. The van der Waals surface area contributed by atoms with Gasteiger partial charge in [0.2, 0.25) is 0 Å². The minimum absolute atomic E-state index is 0.0146. The van der Waals surface area contributed by atoms with Crippen LogP contribution in [0.4, 0.5) is 5.69 Å². The molecule has 20 heavy (non-hydrogen) atoms. The van der Waals surface area contributed by atoms with Crippen molar-refractivity contribution in [2.75, 3.05) is 13.2 Å². The predicted molar refractivity (Wildman–Crippen MR) is 77.6 cm³/mol. The molecule has 1 rings (SSSR count). The van der Waals surface area contributed by atoms with Gasteiger partial charge in [0.15, 0.2) is 0 Å². The monoisotopic (exact) mass is 281 g/mol. The molecule has 0 atom stereocenters. The van der Waals surface area contributed by atoms with E-state index in [1.54, 1.807) is 20.0 Å². The maximum Gasteiger partial charge on any atom is 0.278 e. The molecule has 0 aromatic carbocycles. The molecule has 6 nitrogen and oxygen atoms in total. The summed E-state index contributed by atoms with van der Waals surface area (Å²) in [6.07, 6.45) is 2.25. The van der Waals surface area contributed by atoms with E-state index in [0.717, 1.165) is 6.54 Å². The number of aryl methyl sites for hydroxylation is 1. The smallest absolute Gasteiger partial charge is 0.278 e. The summed E-state index contributed by atoms with van der Waals surface area (Å²) in [6, 6.07) is 0. The molecule has 0 saturated carbocycles. The fourth-order valence-corrected chi connectivity index (χ4v) is 2.13. The van der Waals surface area contributed by atoms with Gasteiger partial charge in [0.05, 0.1) is 10.6 Å². The number of nitrogens with one attached hydrogen (secondary N) is 1. The second-order valence-corrected chi connectivity index (χ2v) is 5.86. The van der Waals surface area contributed by atoms with Crippen molar-refractivity contribution in [2.45, 2.75) is 40.7 Å². The zero-order valence-corrected chi connectivity index (χ0v) is 12.6. The Morgan fingerprint density at radius 3 is 2.65 bits per heavy atom. The van der Waals surface area contributed by atoms with Crippen LogP contribution in [0.15, 0.2) is 6.20 Å². The molecule has 6 heteroatoms. The molecule has 0 saturated heterocycles. The van der Waals surface area contributed by atoms with Crippen LogP contribution in [0.1, 0.15) is 37.1 Å². The summed E-state index contributed by atoms with van der Waals surface area (Å²) in [4.78, 5) is 15.0. The van der Waals surface area contributed by atoms with Crippen molar-refractivity contribution in [2.24, 2.45) is 5.41 Å². The van der Waals surface area contributed by atoms with E-state index in [4.69, 9.17) is 5.11 Å². The molecule has 0 aliphatic carbocycles. The molecule has 112 valence electrons. The minimum atomic E-state index is -0.356. The average Bonchev–Trinajstić information content (AvgIpc) is 2.31. The molecule has 1 aromatic rings. The number of rotatable bonds is 7. The lowest BCUT2D eigenvalue weighted by atomic mass is 9.90. The Morgan fingerprint density at radius 1 is 1.45 bits per heavy atom. The summed E-state index contributed by atoms with van der Waals surface area (Å²) in [5, 5.41) is 23.3. The van der Waals surface area contributed by atoms with E-state index >= 15 is 0 Å². The number of nitrogens with zero attached hydrogens (tertiary/aromatic N) is 2. The summed E-state index contributed by atoms with van der Waals surface area (Å²) in [5.74, 6) is 0. The first-order chi connectivity index (χ1) is 9.28. The highest BCUT2D eigenvalue weighted by atomic mass is 16.6. The molecule has 0 spiro atoms. The standard InChI is InChI=1S/C14H23N3O3/c1-10-7-16-12(11(2)13(10)17(19)20)8-15-9-14(3,4)5-6-18/h7,15,18H,5-6,8-9H2,1-4H3. The number of aromatic nitrogens is 1. The van der Waals surface area contributed by atoms with Gasteiger partial charge < -0.3 is 10.4 Å². The van der Waals surface area contributed by atoms with Crippen LogP contribution in [-0.4, -0.2) is 28.2 Å². The highest BCUT2D eigenvalue weighted by Crippen LogP contribution is 2.24. The van der Waals surface area contributed by atoms with Gasteiger partial charge >= 0.3 is 0 Å². The molecule has 0 fully saturated rings. The quantitative estimate of drug-likeness (QED) is 0.590. The Kier molecular flexibility index (Phi) is 5.59. The highest BCUT2D eigenvalue weighted by molar-refractivity contribution is 5.47. The largest absolute Gasteiger partial charge is 0.396 e. The van der Waals surface area contributed by atoms with Crippen LogP contribution >= 0.6 is 0 Å². The normalized spacial score (nSPS) is 11.7. The van der Waals surface area contributed by atoms with Gasteiger partial charge in [0.25, 0.3) is 5.69 Å². The summed E-state index contributed by atoms with van der Waals surface area (Å²) in [6.45, 7) is 8.91. The minimum Gasteiger partial charge on any atom is -0.396 e. The van der Waals surface area contributed by atoms with Crippen LogP contribution < -0.4 is 5.32 Å². The Bertz CT molecular complexity index is 487. The van der Waals surface area contributed by atoms with E-state index in [2.05, 4.69) is 24.1 Å². The molecular weight excluding hydrogens is 258 g/mol. The van der Waals surface area contributed by atoms with Crippen molar-refractivity contribution in [3.8, 4) is 0 Å². The molecular formula is C14H23N3O3. The van der Waals surface area contributed by atoms with Gasteiger partial charge in [-0.3, -0.25) is 15.1 Å². The second-order valence-electron chi connectivity index (χ2n) is 5.86.